The molecule has 2 unspecified atom stereocenters. The van der Waals surface area contributed by atoms with Crippen molar-refractivity contribution in [3.63, 3.8) is 0 Å². The molecule has 144 valence electrons. The lowest BCUT2D eigenvalue weighted by atomic mass is 9.86. The second kappa shape index (κ2) is 8.53. The van der Waals surface area contributed by atoms with E-state index >= 15 is 0 Å². The van der Waals surface area contributed by atoms with E-state index in [-0.39, 0.29) is 11.5 Å². The Labute approximate surface area is 169 Å². The van der Waals surface area contributed by atoms with Crippen molar-refractivity contribution in [1.29, 1.82) is 0 Å². The lowest BCUT2D eigenvalue weighted by Crippen LogP contribution is -2.09. The fourth-order valence-electron chi connectivity index (χ4n) is 3.24. The Kier molecular flexibility index (Phi) is 6.11. The van der Waals surface area contributed by atoms with E-state index in [0.29, 0.717) is 23.1 Å². The minimum Gasteiger partial charge on any atom is -0.478 e. The van der Waals surface area contributed by atoms with E-state index in [4.69, 9.17) is 0 Å². The molecule has 0 saturated heterocycles. The third-order valence-corrected chi connectivity index (χ3v) is 6.23. The molecule has 1 aliphatic rings. The lowest BCUT2D eigenvalue weighted by molar-refractivity contribution is -0.114. The van der Waals surface area contributed by atoms with E-state index in [2.05, 4.69) is 43.1 Å². The molecule has 2 aromatic carbocycles. The van der Waals surface area contributed by atoms with Crippen molar-refractivity contribution in [3.05, 3.63) is 58.7 Å². The number of rotatable bonds is 2. The van der Waals surface area contributed by atoms with Gasteiger partial charge >= 0.3 is 5.97 Å². The third-order valence-electron chi connectivity index (χ3n) is 5.10. The number of hydrogen-bond acceptors (Lipinski definition) is 3. The number of hydrogen-bond donors (Lipinski definition) is 2. The van der Waals surface area contributed by atoms with Gasteiger partial charge in [-0.05, 0) is 66.0 Å². The second-order valence-corrected chi connectivity index (χ2v) is 8.29. The van der Waals surface area contributed by atoms with Gasteiger partial charge in [0.05, 0.1) is 11.3 Å². The van der Waals surface area contributed by atoms with Gasteiger partial charge in [0.15, 0.2) is 0 Å². The molecule has 0 spiro atoms. The van der Waals surface area contributed by atoms with Gasteiger partial charge in [-0.2, -0.15) is 0 Å². The molecule has 0 aromatic heterocycles. The molecule has 2 aromatic rings. The van der Waals surface area contributed by atoms with Gasteiger partial charge in [0.25, 0.3) is 0 Å². The number of thioether (sulfide) groups is 1. The summed E-state index contributed by atoms with van der Waals surface area (Å²) in [5.74, 6) is 7.20. The molecule has 1 aliphatic heterocycles. The number of benzene rings is 2. The monoisotopic (exact) mass is 393 g/mol. The minimum absolute atomic E-state index is 0.110. The van der Waals surface area contributed by atoms with Crippen LogP contribution in [0.5, 0.6) is 0 Å². The van der Waals surface area contributed by atoms with Crippen LogP contribution in [0.15, 0.2) is 41.3 Å². The minimum atomic E-state index is -1.04. The van der Waals surface area contributed by atoms with Crippen molar-refractivity contribution >= 4 is 29.3 Å². The molecule has 1 amide bonds. The zero-order valence-electron chi connectivity index (χ0n) is 16.2. The molecular weight excluding hydrogens is 370 g/mol. The zero-order chi connectivity index (χ0) is 20.3. The molecule has 3 rings (SSSR count). The van der Waals surface area contributed by atoms with E-state index in [1.165, 1.54) is 35.9 Å². The van der Waals surface area contributed by atoms with Gasteiger partial charge in [0, 0.05) is 22.9 Å². The van der Waals surface area contributed by atoms with E-state index in [1.54, 1.807) is 6.07 Å². The Morgan fingerprint density at radius 1 is 1.14 bits per heavy atom. The standard InChI is InChI=1S/C23H23NO3S/c1-14-10-11-28-22-9-5-17(12-20(22)15(14)2)4-6-18-7-8-19(23(26)27)13-21(18)24-16(3)25/h5,7-9,12-15H,10-11H2,1-3H3,(H,24,25)(H,26,27). The highest BCUT2D eigenvalue weighted by Gasteiger charge is 2.21. The van der Waals surface area contributed by atoms with E-state index in [0.717, 1.165) is 11.3 Å². The highest BCUT2D eigenvalue weighted by atomic mass is 32.2. The van der Waals surface area contributed by atoms with E-state index in [1.807, 2.05) is 17.8 Å². The van der Waals surface area contributed by atoms with E-state index < -0.39 is 5.97 Å². The van der Waals surface area contributed by atoms with Crippen LogP contribution < -0.4 is 5.32 Å². The summed E-state index contributed by atoms with van der Waals surface area (Å²) in [6.07, 6.45) is 1.21. The normalized spacial score (nSPS) is 18.2. The van der Waals surface area contributed by atoms with Gasteiger partial charge < -0.3 is 10.4 Å². The van der Waals surface area contributed by atoms with Crippen LogP contribution >= 0.6 is 11.8 Å². The predicted molar refractivity (Wildman–Crippen MR) is 113 cm³/mol. The number of carboxylic acids is 1. The number of carbonyl (C=O) groups is 2. The molecule has 5 heteroatoms. The van der Waals surface area contributed by atoms with Gasteiger partial charge in [-0.15, -0.1) is 11.8 Å². The maximum absolute atomic E-state index is 11.5. The Hall–Kier alpha value is -2.71. The first-order valence-corrected chi connectivity index (χ1v) is 10.3. The largest absolute Gasteiger partial charge is 0.478 e. The zero-order valence-corrected chi connectivity index (χ0v) is 17.0. The molecule has 0 fully saturated rings. The molecule has 28 heavy (non-hydrogen) atoms. The third kappa shape index (κ3) is 4.58. The number of amides is 1. The maximum atomic E-state index is 11.5. The van der Waals surface area contributed by atoms with E-state index in [9.17, 15) is 14.7 Å². The fraction of sp³-hybridized carbons (Fsp3) is 0.304. The molecule has 0 saturated carbocycles. The van der Waals surface area contributed by atoms with Crippen molar-refractivity contribution in [3.8, 4) is 11.8 Å². The summed E-state index contributed by atoms with van der Waals surface area (Å²) in [6, 6.07) is 10.9. The van der Waals surface area contributed by atoms with Crippen LogP contribution in [0, 0.1) is 17.8 Å². The number of carbonyl (C=O) groups excluding carboxylic acids is 1. The van der Waals surface area contributed by atoms with Crippen molar-refractivity contribution in [1.82, 2.24) is 0 Å². The number of anilines is 1. The van der Waals surface area contributed by atoms with Crippen LogP contribution in [0.25, 0.3) is 0 Å². The number of carboxylic acid groups (broad SMARTS) is 1. The predicted octanol–water partition coefficient (Wildman–Crippen LogP) is 4.98. The maximum Gasteiger partial charge on any atom is 0.335 e. The molecule has 2 N–H and O–H groups in total. The lowest BCUT2D eigenvalue weighted by Gasteiger charge is -2.18. The summed E-state index contributed by atoms with van der Waals surface area (Å²) in [7, 11) is 0. The Morgan fingerprint density at radius 2 is 1.93 bits per heavy atom. The Morgan fingerprint density at radius 3 is 2.64 bits per heavy atom. The second-order valence-electron chi connectivity index (χ2n) is 7.15. The van der Waals surface area contributed by atoms with Gasteiger partial charge in [0.1, 0.15) is 0 Å². The van der Waals surface area contributed by atoms with Crippen LogP contribution in [-0.2, 0) is 4.79 Å². The quantitative estimate of drug-likeness (QED) is 0.707. The number of fused-ring (bicyclic) bond motifs is 1. The SMILES string of the molecule is CC(=O)Nc1cc(C(=O)O)ccc1C#Cc1ccc2c(c1)C(C)C(C)CCS2. The van der Waals surface area contributed by atoms with Crippen LogP contribution in [0.2, 0.25) is 0 Å². The van der Waals surface area contributed by atoms with Gasteiger partial charge in [0.2, 0.25) is 5.91 Å². The molecule has 1 heterocycles. The average Bonchev–Trinajstić information content (AvgIpc) is 2.79. The van der Waals surface area contributed by atoms with Gasteiger partial charge in [-0.1, -0.05) is 25.7 Å². The van der Waals surface area contributed by atoms with Crippen LogP contribution in [0.4, 0.5) is 5.69 Å². The summed E-state index contributed by atoms with van der Waals surface area (Å²) >= 11 is 1.90. The number of aromatic carboxylic acids is 1. The molecule has 4 nitrogen and oxygen atoms in total. The molecular formula is C23H23NO3S. The summed E-state index contributed by atoms with van der Waals surface area (Å²) < 4.78 is 0. The fourth-order valence-corrected chi connectivity index (χ4v) is 4.53. The molecule has 0 radical (unpaired) electrons. The van der Waals surface area contributed by atoms with Crippen molar-refractivity contribution in [2.75, 3.05) is 11.1 Å². The smallest absolute Gasteiger partial charge is 0.335 e. The molecule has 0 aliphatic carbocycles. The summed E-state index contributed by atoms with van der Waals surface area (Å²) in [5, 5.41) is 11.8. The summed E-state index contributed by atoms with van der Waals surface area (Å²) in [5.41, 5.74) is 3.36. The van der Waals surface area contributed by atoms with Crippen LogP contribution in [0.3, 0.4) is 0 Å². The van der Waals surface area contributed by atoms with Gasteiger partial charge in [-0.25, -0.2) is 4.79 Å². The average molecular weight is 394 g/mol. The van der Waals surface area contributed by atoms with Crippen molar-refractivity contribution < 1.29 is 14.7 Å². The van der Waals surface area contributed by atoms with Crippen molar-refractivity contribution in [2.45, 2.75) is 38.0 Å². The summed E-state index contributed by atoms with van der Waals surface area (Å²) in [6.45, 7) is 5.95. The summed E-state index contributed by atoms with van der Waals surface area (Å²) in [4.78, 5) is 24.0. The van der Waals surface area contributed by atoms with Crippen molar-refractivity contribution in [2.24, 2.45) is 5.92 Å². The topological polar surface area (TPSA) is 66.4 Å². The molecule has 0 bridgehead atoms. The highest BCUT2D eigenvalue weighted by molar-refractivity contribution is 7.99. The van der Waals surface area contributed by atoms with Gasteiger partial charge in [-0.3, -0.25) is 4.79 Å². The highest BCUT2D eigenvalue weighted by Crippen LogP contribution is 2.39. The first-order valence-electron chi connectivity index (χ1n) is 9.29. The Balaban J connectivity index is 1.96. The molecule has 2 atom stereocenters. The van der Waals surface area contributed by atoms with Crippen LogP contribution in [0.1, 0.15) is 60.2 Å². The number of nitrogens with one attached hydrogen (secondary N) is 1. The van der Waals surface area contributed by atoms with Crippen LogP contribution in [-0.4, -0.2) is 22.7 Å². The first kappa shape index (κ1) is 20.0. The Bertz CT molecular complexity index is 987. The first-order chi connectivity index (χ1) is 13.3.